The molecule has 0 amide bonds. The molecule has 154 valence electrons. The van der Waals surface area contributed by atoms with Gasteiger partial charge in [0, 0.05) is 5.56 Å². The maximum Gasteiger partial charge on any atom is 0.335 e. The second kappa shape index (κ2) is 7.74. The van der Waals surface area contributed by atoms with Gasteiger partial charge in [-0.15, -0.1) is 0 Å². The molecule has 4 nitrogen and oxygen atoms in total. The summed E-state index contributed by atoms with van der Waals surface area (Å²) in [5.74, 6) is -0.538. The fourth-order valence-corrected chi connectivity index (χ4v) is 4.67. The molecular formula is C24H27IO4. The molecule has 5 heteroatoms. The summed E-state index contributed by atoms with van der Waals surface area (Å²) < 4.78 is 6.40. The van der Waals surface area contributed by atoms with E-state index in [9.17, 15) is 9.59 Å². The maximum absolute atomic E-state index is 13.0. The Kier molecular flexibility index (Phi) is 5.82. The molecule has 1 aliphatic carbocycles. The van der Waals surface area contributed by atoms with Crippen LogP contribution < -0.4 is 4.74 Å². The fourth-order valence-electron chi connectivity index (χ4n) is 3.99. The van der Waals surface area contributed by atoms with Crippen LogP contribution in [0.2, 0.25) is 0 Å². The molecule has 0 fully saturated rings. The Morgan fingerprint density at radius 1 is 1.03 bits per heavy atom. The first-order chi connectivity index (χ1) is 13.4. The number of carboxylic acids is 1. The number of fused-ring (bicyclic) bond motifs is 1. The summed E-state index contributed by atoms with van der Waals surface area (Å²) in [5, 5.41) is 9.08. The van der Waals surface area contributed by atoms with Crippen LogP contribution in [0.1, 0.15) is 77.9 Å². The molecule has 0 radical (unpaired) electrons. The molecule has 0 aromatic heterocycles. The highest BCUT2D eigenvalue weighted by molar-refractivity contribution is 14.1. The van der Waals surface area contributed by atoms with Crippen molar-refractivity contribution < 1.29 is 19.4 Å². The van der Waals surface area contributed by atoms with E-state index in [2.05, 4.69) is 39.8 Å². The van der Waals surface area contributed by atoms with Crippen molar-refractivity contribution in [3.05, 3.63) is 61.7 Å². The molecule has 0 unspecified atom stereocenters. The van der Waals surface area contributed by atoms with Crippen molar-refractivity contribution in [2.75, 3.05) is 6.61 Å². The number of carboxylic acid groups (broad SMARTS) is 1. The van der Waals surface area contributed by atoms with Crippen molar-refractivity contribution in [3.63, 3.8) is 0 Å². The van der Waals surface area contributed by atoms with E-state index in [1.54, 1.807) is 6.07 Å². The number of aromatic carboxylic acids is 1. The molecule has 29 heavy (non-hydrogen) atoms. The van der Waals surface area contributed by atoms with Gasteiger partial charge in [0.25, 0.3) is 0 Å². The van der Waals surface area contributed by atoms with Crippen LogP contribution in [-0.4, -0.2) is 23.5 Å². The molecule has 0 spiro atoms. The lowest BCUT2D eigenvalue weighted by molar-refractivity contribution is 0.0696. The summed E-state index contributed by atoms with van der Waals surface area (Å²) in [6.45, 7) is 10.9. The Morgan fingerprint density at radius 2 is 1.62 bits per heavy atom. The average molecular weight is 506 g/mol. The summed E-state index contributed by atoms with van der Waals surface area (Å²) in [6.07, 6.45) is 2.22. The van der Waals surface area contributed by atoms with Gasteiger partial charge in [0.05, 0.1) is 9.13 Å². The summed E-state index contributed by atoms with van der Waals surface area (Å²) in [7, 11) is 0. The summed E-state index contributed by atoms with van der Waals surface area (Å²) in [6, 6.07) is 8.87. The Hall–Kier alpha value is -1.89. The van der Waals surface area contributed by atoms with Gasteiger partial charge in [-0.2, -0.15) is 0 Å². The fraction of sp³-hybridized carbons (Fsp3) is 0.417. The molecule has 2 aromatic rings. The number of hydrogen-bond acceptors (Lipinski definition) is 3. The van der Waals surface area contributed by atoms with Crippen molar-refractivity contribution in [1.82, 2.24) is 0 Å². The zero-order valence-corrected chi connectivity index (χ0v) is 19.7. The minimum atomic E-state index is -0.985. The van der Waals surface area contributed by atoms with Crippen molar-refractivity contribution in [2.24, 2.45) is 0 Å². The summed E-state index contributed by atoms with van der Waals surface area (Å²) in [5.41, 5.74) is 4.60. The number of carbonyl (C=O) groups is 2. The Morgan fingerprint density at radius 3 is 2.17 bits per heavy atom. The minimum absolute atomic E-state index is 0.0382. The number of ether oxygens (including phenoxy) is 1. The van der Waals surface area contributed by atoms with Gasteiger partial charge in [-0.05, 0) is 94.1 Å². The predicted octanol–water partition coefficient (Wildman–Crippen LogP) is 5.91. The van der Waals surface area contributed by atoms with Crippen LogP contribution in [0.15, 0.2) is 30.3 Å². The van der Waals surface area contributed by atoms with E-state index in [1.165, 1.54) is 23.3 Å². The second-order valence-electron chi connectivity index (χ2n) is 9.14. The number of ketones is 1. The van der Waals surface area contributed by atoms with Crippen LogP contribution in [0.4, 0.5) is 0 Å². The zero-order chi connectivity index (χ0) is 21.6. The van der Waals surface area contributed by atoms with E-state index in [4.69, 9.17) is 9.84 Å². The van der Waals surface area contributed by atoms with E-state index in [1.807, 2.05) is 29.5 Å². The lowest BCUT2D eigenvalue weighted by Crippen LogP contribution is -2.34. The van der Waals surface area contributed by atoms with Crippen LogP contribution in [0.3, 0.4) is 0 Å². The molecule has 0 aliphatic heterocycles. The maximum atomic E-state index is 13.0. The normalized spacial score (nSPS) is 16.8. The monoisotopic (exact) mass is 506 g/mol. The van der Waals surface area contributed by atoms with Crippen LogP contribution in [0, 0.1) is 10.5 Å². The van der Waals surface area contributed by atoms with Crippen LogP contribution in [0.25, 0.3) is 0 Å². The number of hydrogen-bond donors (Lipinski definition) is 1. The summed E-state index contributed by atoms with van der Waals surface area (Å²) in [4.78, 5) is 24.0. The van der Waals surface area contributed by atoms with E-state index in [0.717, 1.165) is 18.4 Å². The van der Waals surface area contributed by atoms with Gasteiger partial charge in [-0.25, -0.2) is 4.79 Å². The number of benzene rings is 2. The van der Waals surface area contributed by atoms with Crippen molar-refractivity contribution >= 4 is 34.3 Å². The first-order valence-electron chi connectivity index (χ1n) is 9.77. The van der Waals surface area contributed by atoms with Crippen LogP contribution in [-0.2, 0) is 10.8 Å². The predicted molar refractivity (Wildman–Crippen MR) is 122 cm³/mol. The molecule has 3 rings (SSSR count). The van der Waals surface area contributed by atoms with Gasteiger partial charge in [-0.3, -0.25) is 4.79 Å². The van der Waals surface area contributed by atoms with Gasteiger partial charge in [0.15, 0.2) is 12.4 Å². The number of aryl methyl sites for hydroxylation is 1. The molecule has 0 bridgehead atoms. The molecule has 0 saturated carbocycles. The number of carbonyl (C=O) groups excluding carboxylic acids is 1. The first-order valence-corrected chi connectivity index (χ1v) is 10.8. The highest BCUT2D eigenvalue weighted by atomic mass is 127. The minimum Gasteiger partial charge on any atom is -0.484 e. The van der Waals surface area contributed by atoms with Crippen molar-refractivity contribution in [2.45, 2.75) is 58.3 Å². The molecular weight excluding hydrogens is 479 g/mol. The third-order valence-electron chi connectivity index (χ3n) is 6.04. The molecule has 0 saturated heterocycles. The van der Waals surface area contributed by atoms with Gasteiger partial charge in [0.2, 0.25) is 0 Å². The highest BCUT2D eigenvalue weighted by Gasteiger charge is 2.37. The number of halogens is 1. The number of Topliss-reactive ketones (excluding diaryl/α,β-unsaturated/α-hetero) is 1. The molecule has 2 aromatic carbocycles. The average Bonchev–Trinajstić information content (AvgIpc) is 2.64. The summed E-state index contributed by atoms with van der Waals surface area (Å²) >= 11 is 2.02. The van der Waals surface area contributed by atoms with E-state index in [-0.39, 0.29) is 28.8 Å². The quantitative estimate of drug-likeness (QED) is 0.405. The van der Waals surface area contributed by atoms with Crippen LogP contribution >= 0.6 is 22.6 Å². The van der Waals surface area contributed by atoms with Crippen LogP contribution in [0.5, 0.6) is 5.75 Å². The lowest BCUT2D eigenvalue weighted by atomic mass is 9.62. The van der Waals surface area contributed by atoms with Crippen molar-refractivity contribution in [1.29, 1.82) is 0 Å². The van der Waals surface area contributed by atoms with Gasteiger partial charge >= 0.3 is 5.97 Å². The third-order valence-corrected chi connectivity index (χ3v) is 6.88. The highest BCUT2D eigenvalue weighted by Crippen LogP contribution is 2.46. The zero-order valence-electron chi connectivity index (χ0n) is 17.6. The standard InChI is InChI=1S/C24H27IO4/c1-14-10-17-18(24(4,5)9-8-23(17,2)3)12-16(14)20(26)13-29-21-7-6-15(22(27)28)11-19(21)25/h6-7,10-12H,8-9,13H2,1-5H3,(H,27,28). The molecule has 0 heterocycles. The largest absolute Gasteiger partial charge is 0.484 e. The molecule has 0 atom stereocenters. The van der Waals surface area contributed by atoms with Crippen molar-refractivity contribution in [3.8, 4) is 5.75 Å². The topological polar surface area (TPSA) is 63.6 Å². The Labute approximate surface area is 185 Å². The number of rotatable bonds is 5. The SMILES string of the molecule is Cc1cc2c(cc1C(=O)COc1ccc(C(=O)O)cc1I)C(C)(C)CCC2(C)C. The Bertz CT molecular complexity index is 989. The molecule has 1 N–H and O–H groups in total. The second-order valence-corrected chi connectivity index (χ2v) is 10.3. The smallest absolute Gasteiger partial charge is 0.335 e. The lowest BCUT2D eigenvalue weighted by Gasteiger charge is -2.42. The van der Waals surface area contributed by atoms with Gasteiger partial charge in [-0.1, -0.05) is 33.8 Å². The first kappa shape index (κ1) is 21.8. The van der Waals surface area contributed by atoms with Gasteiger partial charge < -0.3 is 9.84 Å². The van der Waals surface area contributed by atoms with Gasteiger partial charge in [0.1, 0.15) is 5.75 Å². The van der Waals surface area contributed by atoms with E-state index < -0.39 is 5.97 Å². The van der Waals surface area contributed by atoms with E-state index in [0.29, 0.717) is 14.9 Å². The molecule has 1 aliphatic rings. The van der Waals surface area contributed by atoms with E-state index >= 15 is 0 Å². The Balaban J connectivity index is 1.86. The third kappa shape index (κ3) is 4.34.